The second kappa shape index (κ2) is 7.62. The molecule has 0 radical (unpaired) electrons. The molecule has 0 saturated heterocycles. The fourth-order valence-corrected chi connectivity index (χ4v) is 2.03. The third kappa shape index (κ3) is 3.34. The number of nitrogens with zero attached hydrogens (tertiary/aromatic N) is 3. The lowest BCUT2D eigenvalue weighted by Gasteiger charge is -2.15. The van der Waals surface area contributed by atoms with Gasteiger partial charge in [-0.1, -0.05) is 31.9 Å². The number of aromatic nitrogens is 2. The van der Waals surface area contributed by atoms with Crippen LogP contribution < -0.4 is 17.0 Å². The van der Waals surface area contributed by atoms with Crippen molar-refractivity contribution in [1.82, 2.24) is 9.13 Å². The van der Waals surface area contributed by atoms with Crippen molar-refractivity contribution in [2.45, 2.75) is 59.2 Å². The predicted octanol–water partition coefficient (Wildman–Crippen LogP) is 1.46. The molecule has 0 spiro atoms. The smallest absolute Gasteiger partial charge is 0.332 e. The van der Waals surface area contributed by atoms with Gasteiger partial charge in [0, 0.05) is 13.1 Å². The molecule has 0 aliphatic heterocycles. The summed E-state index contributed by atoms with van der Waals surface area (Å²) < 4.78 is 2.54. The van der Waals surface area contributed by atoms with Crippen molar-refractivity contribution in [3.05, 3.63) is 31.3 Å². The van der Waals surface area contributed by atoms with Gasteiger partial charge in [0.15, 0.2) is 0 Å². The molecule has 0 aliphatic carbocycles. The third-order valence-electron chi connectivity index (χ3n) is 3.26. The highest BCUT2D eigenvalue weighted by Crippen LogP contribution is 2.08. The lowest BCUT2D eigenvalue weighted by Crippen LogP contribution is -2.43. The molecule has 7 heteroatoms. The van der Waals surface area contributed by atoms with Crippen LogP contribution in [0.3, 0.4) is 0 Å². The minimum atomic E-state index is -0.492. The van der Waals surface area contributed by atoms with Gasteiger partial charge in [-0.25, -0.2) is 4.79 Å². The highest BCUT2D eigenvalue weighted by Gasteiger charge is 2.16. The second-order valence-electron chi connectivity index (χ2n) is 4.75. The van der Waals surface area contributed by atoms with E-state index in [1.165, 1.54) is 4.57 Å². The van der Waals surface area contributed by atoms with Gasteiger partial charge in [-0.2, -0.15) is 4.91 Å². The van der Waals surface area contributed by atoms with Gasteiger partial charge in [-0.15, -0.1) is 0 Å². The van der Waals surface area contributed by atoms with Crippen molar-refractivity contribution in [1.29, 1.82) is 0 Å². The molecule has 0 bridgehead atoms. The van der Waals surface area contributed by atoms with Gasteiger partial charge in [0.05, 0.1) is 5.56 Å². The molecule has 1 rings (SSSR count). The topological polar surface area (TPSA) is 99.4 Å². The Morgan fingerprint density at radius 3 is 2.10 bits per heavy atom. The summed E-state index contributed by atoms with van der Waals surface area (Å²) in [4.78, 5) is 35.0. The zero-order chi connectivity index (χ0) is 15.1. The van der Waals surface area contributed by atoms with E-state index in [2.05, 4.69) is 5.18 Å². The van der Waals surface area contributed by atoms with Crippen LogP contribution in [0.5, 0.6) is 0 Å². The van der Waals surface area contributed by atoms with Crippen LogP contribution in [-0.4, -0.2) is 9.13 Å². The number of nitrogen functional groups attached to an aromatic ring is 1. The summed E-state index contributed by atoms with van der Waals surface area (Å²) in [5.41, 5.74) is 5.09. The Morgan fingerprint density at radius 2 is 1.60 bits per heavy atom. The van der Waals surface area contributed by atoms with Crippen molar-refractivity contribution < 1.29 is 0 Å². The average molecular weight is 282 g/mol. The number of hydrogen-bond donors (Lipinski definition) is 1. The maximum absolute atomic E-state index is 12.3. The van der Waals surface area contributed by atoms with E-state index in [1.54, 1.807) is 0 Å². The molecule has 0 aromatic carbocycles. The predicted molar refractivity (Wildman–Crippen MR) is 78.7 cm³/mol. The molecule has 0 saturated carbocycles. The first-order valence-corrected chi connectivity index (χ1v) is 6.99. The monoisotopic (exact) mass is 282 g/mol. The maximum atomic E-state index is 12.3. The van der Waals surface area contributed by atoms with E-state index in [9.17, 15) is 14.5 Å². The molecular weight excluding hydrogens is 260 g/mol. The van der Waals surface area contributed by atoms with E-state index in [-0.39, 0.29) is 17.9 Å². The Bertz CT molecular complexity index is 574. The van der Waals surface area contributed by atoms with Gasteiger partial charge in [0.2, 0.25) is 0 Å². The second-order valence-corrected chi connectivity index (χ2v) is 4.75. The van der Waals surface area contributed by atoms with Crippen LogP contribution in [0, 0.1) is 4.91 Å². The number of unbranched alkanes of at least 4 members (excludes halogenated alkanes) is 2. The molecule has 0 amide bonds. The molecule has 1 heterocycles. The summed E-state index contributed by atoms with van der Waals surface area (Å²) >= 11 is 0. The lowest BCUT2D eigenvalue weighted by molar-refractivity contribution is 0.516. The largest absolute Gasteiger partial charge is 0.385 e. The summed E-state index contributed by atoms with van der Waals surface area (Å²) in [5, 5.41) is 2.74. The lowest BCUT2D eigenvalue weighted by atomic mass is 10.2. The third-order valence-corrected chi connectivity index (χ3v) is 3.26. The summed E-state index contributed by atoms with van der Waals surface area (Å²) in [6.45, 7) is 4.46. The van der Waals surface area contributed by atoms with Gasteiger partial charge >= 0.3 is 5.69 Å². The van der Waals surface area contributed by atoms with E-state index in [1.807, 2.05) is 13.8 Å². The van der Waals surface area contributed by atoms with Crippen molar-refractivity contribution >= 4 is 5.82 Å². The van der Waals surface area contributed by atoms with E-state index < -0.39 is 11.2 Å². The molecule has 0 unspecified atom stereocenters. The molecule has 1 aromatic heterocycles. The Labute approximate surface area is 117 Å². The summed E-state index contributed by atoms with van der Waals surface area (Å²) in [6, 6.07) is 0. The van der Waals surface area contributed by atoms with Gasteiger partial charge in [-0.3, -0.25) is 13.9 Å². The normalized spacial score (nSPS) is 10.7. The van der Waals surface area contributed by atoms with Crippen LogP contribution in [0.25, 0.3) is 0 Å². The SMILES string of the molecule is CCCCn1c(N)c(CN=O)c(=O)n(CCCC)c1=O. The van der Waals surface area contributed by atoms with Crippen LogP contribution in [0.4, 0.5) is 5.82 Å². The number of anilines is 1. The van der Waals surface area contributed by atoms with E-state index in [0.717, 1.165) is 30.3 Å². The van der Waals surface area contributed by atoms with Crippen LogP contribution >= 0.6 is 0 Å². The Morgan fingerprint density at radius 1 is 1.05 bits per heavy atom. The highest BCUT2D eigenvalue weighted by molar-refractivity contribution is 5.38. The minimum absolute atomic E-state index is 0.0702. The summed E-state index contributed by atoms with van der Waals surface area (Å²) in [6.07, 6.45) is 3.28. The number of nitrogens with two attached hydrogens (primary N) is 1. The van der Waals surface area contributed by atoms with Crippen molar-refractivity contribution in [3.63, 3.8) is 0 Å². The standard InChI is InChI=1S/C13H22N4O3/c1-3-5-7-16-11(14)10(9-15-20)12(18)17(13(16)19)8-6-4-2/h3-9,14H2,1-2H3. The first-order chi connectivity index (χ1) is 9.58. The van der Waals surface area contributed by atoms with Gasteiger partial charge in [0.1, 0.15) is 12.4 Å². The fraction of sp³-hybridized carbons (Fsp3) is 0.692. The maximum Gasteiger partial charge on any atom is 0.332 e. The van der Waals surface area contributed by atoms with Gasteiger partial charge < -0.3 is 5.73 Å². The van der Waals surface area contributed by atoms with Crippen molar-refractivity contribution in [2.75, 3.05) is 5.73 Å². The first-order valence-electron chi connectivity index (χ1n) is 6.99. The number of nitroso groups, excluding NO2 is 1. The minimum Gasteiger partial charge on any atom is -0.385 e. The van der Waals surface area contributed by atoms with Crippen LogP contribution in [-0.2, 0) is 19.6 Å². The van der Waals surface area contributed by atoms with Crippen molar-refractivity contribution in [3.8, 4) is 0 Å². The zero-order valence-corrected chi connectivity index (χ0v) is 12.1. The fourth-order valence-electron chi connectivity index (χ4n) is 2.03. The first kappa shape index (κ1) is 16.1. The highest BCUT2D eigenvalue weighted by atomic mass is 16.3. The molecule has 0 aliphatic rings. The van der Waals surface area contributed by atoms with E-state index in [0.29, 0.717) is 13.1 Å². The van der Waals surface area contributed by atoms with Gasteiger partial charge in [-0.05, 0) is 12.8 Å². The molecule has 2 N–H and O–H groups in total. The molecular formula is C13H22N4O3. The van der Waals surface area contributed by atoms with E-state index >= 15 is 0 Å². The van der Waals surface area contributed by atoms with Crippen LogP contribution in [0.2, 0.25) is 0 Å². The zero-order valence-electron chi connectivity index (χ0n) is 12.1. The van der Waals surface area contributed by atoms with Crippen LogP contribution in [0.15, 0.2) is 14.8 Å². The summed E-state index contributed by atoms with van der Waals surface area (Å²) in [7, 11) is 0. The average Bonchev–Trinajstić information content (AvgIpc) is 2.43. The van der Waals surface area contributed by atoms with Crippen molar-refractivity contribution in [2.24, 2.45) is 5.18 Å². The Balaban J connectivity index is 3.42. The molecule has 112 valence electrons. The number of hydrogen-bond acceptors (Lipinski definition) is 5. The quantitative estimate of drug-likeness (QED) is 0.729. The summed E-state index contributed by atoms with van der Waals surface area (Å²) in [5.74, 6) is 0.0702. The van der Waals surface area contributed by atoms with E-state index in [4.69, 9.17) is 5.73 Å². The number of rotatable bonds is 8. The Hall–Kier alpha value is -1.92. The Kier molecular flexibility index (Phi) is 6.14. The molecule has 7 nitrogen and oxygen atoms in total. The van der Waals surface area contributed by atoms with Crippen LogP contribution in [0.1, 0.15) is 45.1 Å². The molecule has 20 heavy (non-hydrogen) atoms. The molecule has 1 aromatic rings. The molecule has 0 fully saturated rings. The van der Waals surface area contributed by atoms with Gasteiger partial charge in [0.25, 0.3) is 5.56 Å². The molecule has 0 atom stereocenters.